The van der Waals surface area contributed by atoms with Gasteiger partial charge in [-0.2, -0.15) is 61.5 Å². The lowest BCUT2D eigenvalue weighted by Crippen LogP contribution is -2.84. The van der Waals surface area contributed by atoms with Crippen LogP contribution in [0.3, 0.4) is 0 Å². The third-order valence-corrected chi connectivity index (χ3v) is 3.15. The molecule has 0 aromatic carbocycles. The monoisotopic (exact) mass is 378 g/mol. The molecule has 0 amide bonds. The third-order valence-electron chi connectivity index (χ3n) is 3.15. The highest BCUT2D eigenvalue weighted by atomic mass is 19.4. The Bertz CT molecular complexity index is 476. The molecule has 1 aliphatic rings. The number of alkyl halides is 14. The summed E-state index contributed by atoms with van der Waals surface area (Å²) in [5.41, 5.74) is -8.19. The van der Waals surface area contributed by atoms with E-state index in [4.69, 9.17) is 0 Å². The molecule has 0 N–H and O–H groups in total. The quantitative estimate of drug-likeness (QED) is 0.577. The molecule has 23 heavy (non-hydrogen) atoms. The molecule has 136 valence electrons. The summed E-state index contributed by atoms with van der Waals surface area (Å²) < 4.78 is 179. The van der Waals surface area contributed by atoms with E-state index in [1.807, 2.05) is 0 Å². The summed E-state index contributed by atoms with van der Waals surface area (Å²) in [5, 5.41) is 0. The number of halogens is 14. The summed E-state index contributed by atoms with van der Waals surface area (Å²) >= 11 is 0. The van der Waals surface area contributed by atoms with E-state index in [9.17, 15) is 66.3 Å². The first-order chi connectivity index (χ1) is 9.65. The van der Waals surface area contributed by atoms with E-state index in [-0.39, 0.29) is 0 Å². The zero-order valence-electron chi connectivity index (χ0n) is 9.70. The highest BCUT2D eigenvalue weighted by Crippen LogP contribution is 2.74. The van der Waals surface area contributed by atoms with E-state index in [0.29, 0.717) is 0 Å². The fourth-order valence-corrected chi connectivity index (χ4v) is 2.02. The van der Waals surface area contributed by atoms with Crippen molar-refractivity contribution in [1.29, 1.82) is 0 Å². The number of carbonyl (C=O) groups is 1. The van der Waals surface area contributed by atoms with Crippen LogP contribution in [-0.4, -0.2) is 41.8 Å². The number of hydrogen-bond donors (Lipinski definition) is 0. The van der Waals surface area contributed by atoms with Crippen LogP contribution in [0, 0.1) is 5.41 Å². The average molecular weight is 378 g/mol. The van der Waals surface area contributed by atoms with Crippen LogP contribution < -0.4 is 0 Å². The van der Waals surface area contributed by atoms with Crippen LogP contribution in [0.15, 0.2) is 0 Å². The van der Waals surface area contributed by atoms with Crippen LogP contribution in [0.5, 0.6) is 0 Å². The smallest absolute Gasteiger partial charge is 0.286 e. The van der Waals surface area contributed by atoms with Crippen molar-refractivity contribution in [2.45, 2.75) is 36.0 Å². The Balaban J connectivity index is 4.17. The first kappa shape index (κ1) is 19.7. The molecule has 1 saturated carbocycles. The number of carbonyl (C=O) groups excluding carboxylic acids is 1. The Hall–Kier alpha value is -1.31. The zero-order valence-corrected chi connectivity index (χ0v) is 9.70. The molecular formula is C8F14O. The molecule has 1 rings (SSSR count). The van der Waals surface area contributed by atoms with Crippen molar-refractivity contribution in [2.75, 3.05) is 0 Å². The summed E-state index contributed by atoms with van der Waals surface area (Å²) in [7, 11) is 0. The van der Waals surface area contributed by atoms with Gasteiger partial charge in [-0.05, 0) is 0 Å². The van der Waals surface area contributed by atoms with Crippen molar-refractivity contribution < 1.29 is 66.3 Å². The van der Waals surface area contributed by atoms with Crippen molar-refractivity contribution >= 4 is 5.78 Å². The second-order valence-corrected chi connectivity index (χ2v) is 4.37. The normalized spacial score (nSPS) is 28.5. The highest BCUT2D eigenvalue weighted by molar-refractivity contribution is 5.95. The fraction of sp³-hybridized carbons (Fsp3) is 0.875. The van der Waals surface area contributed by atoms with Gasteiger partial charge >= 0.3 is 36.0 Å². The number of Topliss-reactive ketones (excluding diaryl/α,β-unsaturated/α-hetero) is 1. The molecular weight excluding hydrogens is 378 g/mol. The molecule has 0 heterocycles. The zero-order chi connectivity index (χ0) is 19.1. The van der Waals surface area contributed by atoms with Crippen LogP contribution in [0.4, 0.5) is 61.5 Å². The predicted molar refractivity (Wildman–Crippen MR) is 39.3 cm³/mol. The van der Waals surface area contributed by atoms with Gasteiger partial charge in [0, 0.05) is 0 Å². The molecule has 1 nitrogen and oxygen atoms in total. The van der Waals surface area contributed by atoms with Crippen molar-refractivity contribution in [3.05, 3.63) is 0 Å². The van der Waals surface area contributed by atoms with Gasteiger partial charge in [-0.15, -0.1) is 0 Å². The minimum Gasteiger partial charge on any atom is -0.286 e. The van der Waals surface area contributed by atoms with Crippen LogP contribution in [0.25, 0.3) is 0 Å². The van der Waals surface area contributed by atoms with E-state index in [1.165, 1.54) is 0 Å². The molecule has 0 unspecified atom stereocenters. The lowest BCUT2D eigenvalue weighted by Gasteiger charge is -2.52. The minimum absolute atomic E-state index is 4.76. The van der Waals surface area contributed by atoms with Crippen molar-refractivity contribution in [2.24, 2.45) is 5.41 Å². The summed E-state index contributed by atoms with van der Waals surface area (Å²) in [6.45, 7) is 0. The van der Waals surface area contributed by atoms with E-state index in [1.54, 1.807) is 0 Å². The van der Waals surface area contributed by atoms with E-state index in [0.717, 1.165) is 0 Å². The molecule has 0 saturated heterocycles. The summed E-state index contributed by atoms with van der Waals surface area (Å²) in [4.78, 5) is 10.3. The van der Waals surface area contributed by atoms with E-state index >= 15 is 0 Å². The molecule has 1 fully saturated rings. The maximum Gasteiger partial charge on any atom is 0.415 e. The standard InChI is InChI=1S/C8F14O/c9-2(10)1(23)3(11,12)6(15,16)4(5(2,13)14,7(17,18)19)8(20,21)22. The van der Waals surface area contributed by atoms with Crippen molar-refractivity contribution in [3.8, 4) is 0 Å². The van der Waals surface area contributed by atoms with Gasteiger partial charge < -0.3 is 0 Å². The Labute approximate surface area is 115 Å². The van der Waals surface area contributed by atoms with Crippen molar-refractivity contribution in [1.82, 2.24) is 0 Å². The van der Waals surface area contributed by atoms with Gasteiger partial charge in [-0.25, -0.2) is 0 Å². The third kappa shape index (κ3) is 1.73. The Kier molecular flexibility index (Phi) is 3.61. The fourth-order valence-electron chi connectivity index (χ4n) is 2.02. The molecule has 0 atom stereocenters. The molecule has 15 heteroatoms. The molecule has 0 spiro atoms. The van der Waals surface area contributed by atoms with E-state index < -0.39 is 47.2 Å². The maximum atomic E-state index is 13.2. The maximum absolute atomic E-state index is 13.2. The largest absolute Gasteiger partial charge is 0.415 e. The lowest BCUT2D eigenvalue weighted by molar-refractivity contribution is -0.502. The van der Waals surface area contributed by atoms with Gasteiger partial charge in [0.2, 0.25) is 0 Å². The SMILES string of the molecule is O=C1C(F)(F)C(F)(F)C(C(F)(F)F)(C(F)(F)F)C(F)(F)C1(F)F. The first-order valence-corrected chi connectivity index (χ1v) is 4.85. The van der Waals surface area contributed by atoms with Gasteiger partial charge in [0.15, 0.2) is 0 Å². The number of hydrogen-bond acceptors (Lipinski definition) is 1. The second kappa shape index (κ2) is 4.20. The van der Waals surface area contributed by atoms with Gasteiger partial charge in [-0.1, -0.05) is 0 Å². The van der Waals surface area contributed by atoms with Gasteiger partial charge in [0.05, 0.1) is 0 Å². The lowest BCUT2D eigenvalue weighted by atomic mass is 9.63. The van der Waals surface area contributed by atoms with Gasteiger partial charge in [-0.3, -0.25) is 4.79 Å². The number of rotatable bonds is 0. The topological polar surface area (TPSA) is 17.1 Å². The number of ketones is 1. The first-order valence-electron chi connectivity index (χ1n) is 4.85. The van der Waals surface area contributed by atoms with Crippen LogP contribution in [-0.2, 0) is 4.79 Å². The molecule has 0 aromatic rings. The van der Waals surface area contributed by atoms with Gasteiger partial charge in [0.1, 0.15) is 0 Å². The van der Waals surface area contributed by atoms with Crippen molar-refractivity contribution in [3.63, 3.8) is 0 Å². The molecule has 1 aliphatic carbocycles. The van der Waals surface area contributed by atoms with Crippen LogP contribution >= 0.6 is 0 Å². The van der Waals surface area contributed by atoms with Crippen LogP contribution in [0.2, 0.25) is 0 Å². The van der Waals surface area contributed by atoms with Crippen LogP contribution in [0.1, 0.15) is 0 Å². The summed E-state index contributed by atoms with van der Waals surface area (Å²) in [6, 6.07) is 0. The molecule has 0 bridgehead atoms. The summed E-state index contributed by atoms with van der Waals surface area (Å²) in [5.74, 6) is -35.4. The molecule has 0 radical (unpaired) electrons. The average Bonchev–Trinajstić information content (AvgIpc) is 2.21. The Morgan fingerprint density at radius 2 is 0.783 bits per heavy atom. The van der Waals surface area contributed by atoms with E-state index in [2.05, 4.69) is 0 Å². The molecule has 0 aromatic heterocycles. The Morgan fingerprint density at radius 1 is 0.565 bits per heavy atom. The predicted octanol–water partition coefficient (Wildman–Crippen LogP) is 4.22. The molecule has 0 aliphatic heterocycles. The highest BCUT2D eigenvalue weighted by Gasteiger charge is 3.05. The van der Waals surface area contributed by atoms with Gasteiger partial charge in [0.25, 0.3) is 11.2 Å². The minimum atomic E-state index is -8.19. The summed E-state index contributed by atoms with van der Waals surface area (Å²) in [6.07, 6.45) is -16.0. The Morgan fingerprint density at radius 3 is 0.957 bits per heavy atom. The second-order valence-electron chi connectivity index (χ2n) is 4.37.